The molecule has 0 unspecified atom stereocenters. The summed E-state index contributed by atoms with van der Waals surface area (Å²) in [6.07, 6.45) is 5.18. The summed E-state index contributed by atoms with van der Waals surface area (Å²) in [4.78, 5) is 80.2. The van der Waals surface area contributed by atoms with E-state index in [9.17, 15) is 28.8 Å². The highest BCUT2D eigenvalue weighted by molar-refractivity contribution is 5.95. The number of carbonyl (C=O) groups excluding carboxylic acids is 6. The third-order valence-electron chi connectivity index (χ3n) is 9.23. The molecule has 4 N–H and O–H groups in total. The Morgan fingerprint density at radius 3 is 2.09 bits per heavy atom. The van der Waals surface area contributed by atoms with Crippen molar-refractivity contribution in [1.29, 1.82) is 0 Å². The lowest BCUT2D eigenvalue weighted by molar-refractivity contribution is -0.156. The van der Waals surface area contributed by atoms with Crippen LogP contribution in [0.1, 0.15) is 79.1 Å². The predicted molar refractivity (Wildman–Crippen MR) is 163 cm³/mol. The lowest BCUT2D eigenvalue weighted by Gasteiger charge is -2.38. The van der Waals surface area contributed by atoms with E-state index in [-0.39, 0.29) is 36.8 Å². The van der Waals surface area contributed by atoms with Crippen molar-refractivity contribution in [2.45, 2.75) is 103 Å². The zero-order valence-electron chi connectivity index (χ0n) is 27.4. The summed E-state index contributed by atoms with van der Waals surface area (Å²) in [6, 6.07) is -3.99. The first kappa shape index (κ1) is 35.9. The Morgan fingerprint density at radius 1 is 0.822 bits per heavy atom. The molecule has 14 nitrogen and oxygen atoms in total. The Kier molecular flexibility index (Phi) is 12.9. The van der Waals surface area contributed by atoms with Crippen LogP contribution in [0.15, 0.2) is 0 Å². The van der Waals surface area contributed by atoms with E-state index in [1.54, 1.807) is 11.8 Å². The molecule has 0 radical (unpaired) electrons. The molecule has 1 heterocycles. The van der Waals surface area contributed by atoms with Gasteiger partial charge in [0.2, 0.25) is 17.7 Å². The Bertz CT molecular complexity index is 1090. The summed E-state index contributed by atoms with van der Waals surface area (Å²) < 4.78 is 14.6. The SMILES string of the molecule is CCOC(=O)[C@@H]1[C@H]2CCC[C@H]2CN1C(=O)[C@@H](NC(=O)[C@@H](NC(=O)[C@H](CNC(=O)OC)NC(=O)OC)C1CCCCC1)C(C)(C)C. The van der Waals surface area contributed by atoms with Crippen LogP contribution in [0.3, 0.4) is 0 Å². The van der Waals surface area contributed by atoms with Gasteiger partial charge in [-0.15, -0.1) is 0 Å². The largest absolute Gasteiger partial charge is 0.464 e. The molecule has 2 aliphatic carbocycles. The van der Waals surface area contributed by atoms with Gasteiger partial charge in [-0.1, -0.05) is 46.5 Å². The molecule has 3 fully saturated rings. The van der Waals surface area contributed by atoms with Crippen LogP contribution < -0.4 is 21.3 Å². The Hall–Kier alpha value is -3.58. The van der Waals surface area contributed by atoms with Crippen molar-refractivity contribution in [1.82, 2.24) is 26.2 Å². The molecule has 1 saturated heterocycles. The molecule has 45 heavy (non-hydrogen) atoms. The Labute approximate surface area is 265 Å². The molecule has 0 spiro atoms. The number of fused-ring (bicyclic) bond motifs is 1. The number of nitrogens with one attached hydrogen (secondary N) is 4. The van der Waals surface area contributed by atoms with Crippen LogP contribution in [-0.2, 0) is 33.4 Å². The Balaban J connectivity index is 1.86. The average Bonchev–Trinajstić information content (AvgIpc) is 3.61. The van der Waals surface area contributed by atoms with Crippen LogP contribution in [0.2, 0.25) is 0 Å². The van der Waals surface area contributed by atoms with E-state index >= 15 is 0 Å². The predicted octanol–water partition coefficient (Wildman–Crippen LogP) is 1.85. The molecule has 0 aromatic carbocycles. The van der Waals surface area contributed by atoms with Gasteiger partial charge in [0.15, 0.2) is 0 Å². The summed E-state index contributed by atoms with van der Waals surface area (Å²) in [7, 11) is 2.30. The summed E-state index contributed by atoms with van der Waals surface area (Å²) >= 11 is 0. The molecule has 6 atom stereocenters. The van der Waals surface area contributed by atoms with Gasteiger partial charge in [-0.3, -0.25) is 14.4 Å². The molecule has 1 aliphatic heterocycles. The third kappa shape index (κ3) is 9.23. The first-order chi connectivity index (χ1) is 21.3. The third-order valence-corrected chi connectivity index (χ3v) is 9.23. The molecule has 0 aromatic rings. The first-order valence-corrected chi connectivity index (χ1v) is 16.1. The smallest absolute Gasteiger partial charge is 0.407 e. The maximum Gasteiger partial charge on any atom is 0.407 e. The van der Waals surface area contributed by atoms with E-state index < -0.39 is 59.6 Å². The van der Waals surface area contributed by atoms with Crippen LogP contribution in [0.25, 0.3) is 0 Å². The highest BCUT2D eigenvalue weighted by atomic mass is 16.5. The normalized spacial score (nSPS) is 23.5. The van der Waals surface area contributed by atoms with E-state index in [1.807, 2.05) is 20.8 Å². The van der Waals surface area contributed by atoms with Gasteiger partial charge in [0.05, 0.1) is 27.4 Å². The first-order valence-electron chi connectivity index (χ1n) is 16.1. The van der Waals surface area contributed by atoms with Crippen LogP contribution in [0, 0.1) is 23.2 Å². The van der Waals surface area contributed by atoms with Crippen molar-refractivity contribution in [3.05, 3.63) is 0 Å². The fourth-order valence-corrected chi connectivity index (χ4v) is 6.90. The topological polar surface area (TPSA) is 181 Å². The molecule has 14 heteroatoms. The maximum atomic E-state index is 14.2. The van der Waals surface area contributed by atoms with Crippen LogP contribution in [-0.4, -0.2) is 98.9 Å². The van der Waals surface area contributed by atoms with Crippen LogP contribution in [0.4, 0.5) is 9.59 Å². The number of ether oxygens (including phenoxy) is 3. The number of hydrogen-bond acceptors (Lipinski definition) is 9. The fourth-order valence-electron chi connectivity index (χ4n) is 6.90. The minimum Gasteiger partial charge on any atom is -0.464 e. The van der Waals surface area contributed by atoms with Gasteiger partial charge in [0.25, 0.3) is 0 Å². The van der Waals surface area contributed by atoms with Crippen LogP contribution in [0.5, 0.6) is 0 Å². The summed E-state index contributed by atoms with van der Waals surface area (Å²) in [5.41, 5.74) is -0.732. The summed E-state index contributed by atoms with van der Waals surface area (Å²) in [5.74, 6) is -2.02. The number of methoxy groups -OCH3 is 2. The van der Waals surface area contributed by atoms with Crippen molar-refractivity contribution in [3.8, 4) is 0 Å². The number of carbonyl (C=O) groups is 6. The van der Waals surface area contributed by atoms with Crippen molar-refractivity contribution in [2.24, 2.45) is 23.2 Å². The van der Waals surface area contributed by atoms with Crippen molar-refractivity contribution in [2.75, 3.05) is 33.9 Å². The molecule has 5 amide bonds. The van der Waals surface area contributed by atoms with E-state index in [0.29, 0.717) is 19.4 Å². The zero-order valence-corrected chi connectivity index (χ0v) is 27.4. The van der Waals surface area contributed by atoms with E-state index in [0.717, 1.165) is 52.7 Å². The Morgan fingerprint density at radius 2 is 1.49 bits per heavy atom. The number of nitrogens with zero attached hydrogens (tertiary/aromatic N) is 1. The van der Waals surface area contributed by atoms with E-state index in [2.05, 4.69) is 30.7 Å². The van der Waals surface area contributed by atoms with Gasteiger partial charge in [-0.05, 0) is 55.8 Å². The lowest BCUT2D eigenvalue weighted by Crippen LogP contribution is -2.63. The van der Waals surface area contributed by atoms with Gasteiger partial charge < -0.3 is 40.4 Å². The van der Waals surface area contributed by atoms with Crippen LogP contribution >= 0.6 is 0 Å². The standard InChI is InChI=1S/C31H51N5O9/c1-7-45-28(40)23-20-15-11-14-19(20)17-36(23)27(39)24(31(2,3)4)35-26(38)22(18-12-9-8-10-13-18)34-25(37)21(33-30(42)44-6)16-32-29(41)43-5/h18-24H,7-17H2,1-6H3,(H,32,41)(H,33,42)(H,34,37)(H,35,38)/t19-,20-,21-,22-,23-,24+/m0/s1. The summed E-state index contributed by atoms with van der Waals surface area (Å²) in [5, 5.41) is 10.5. The second kappa shape index (κ2) is 16.1. The monoisotopic (exact) mass is 637 g/mol. The zero-order chi connectivity index (χ0) is 33.3. The number of alkyl carbamates (subject to hydrolysis) is 2. The lowest BCUT2D eigenvalue weighted by atomic mass is 9.82. The minimum atomic E-state index is -1.27. The molecule has 2 saturated carbocycles. The van der Waals surface area contributed by atoms with Gasteiger partial charge in [-0.2, -0.15) is 0 Å². The number of amides is 5. The van der Waals surface area contributed by atoms with Gasteiger partial charge in [-0.25, -0.2) is 14.4 Å². The van der Waals surface area contributed by atoms with Crippen molar-refractivity contribution < 1.29 is 43.0 Å². The highest BCUT2D eigenvalue weighted by Gasteiger charge is 2.52. The number of esters is 1. The highest BCUT2D eigenvalue weighted by Crippen LogP contribution is 2.43. The molecule has 254 valence electrons. The summed E-state index contributed by atoms with van der Waals surface area (Å²) in [6.45, 7) is 7.57. The van der Waals surface area contributed by atoms with Gasteiger partial charge >= 0.3 is 18.2 Å². The van der Waals surface area contributed by atoms with E-state index in [1.165, 1.54) is 0 Å². The second-order valence-electron chi connectivity index (χ2n) is 13.3. The quantitative estimate of drug-likeness (QED) is 0.194. The van der Waals surface area contributed by atoms with Crippen molar-refractivity contribution in [3.63, 3.8) is 0 Å². The second-order valence-corrected chi connectivity index (χ2v) is 13.3. The molecular formula is C31H51N5O9. The van der Waals surface area contributed by atoms with Gasteiger partial charge in [0.1, 0.15) is 24.2 Å². The van der Waals surface area contributed by atoms with Gasteiger partial charge in [0, 0.05) is 6.54 Å². The number of rotatable bonds is 11. The minimum absolute atomic E-state index is 0.0245. The van der Waals surface area contributed by atoms with E-state index in [4.69, 9.17) is 4.74 Å². The van der Waals surface area contributed by atoms with Crippen molar-refractivity contribution >= 4 is 35.9 Å². The molecule has 0 bridgehead atoms. The average molecular weight is 638 g/mol. The molecule has 3 aliphatic rings. The number of likely N-dealkylation sites (tertiary alicyclic amines) is 1. The number of hydrogen-bond donors (Lipinski definition) is 4. The molecule has 0 aromatic heterocycles. The fraction of sp³-hybridized carbons (Fsp3) is 0.806. The maximum absolute atomic E-state index is 14.2. The molecular weight excluding hydrogens is 586 g/mol. The molecule has 3 rings (SSSR count).